The highest BCUT2D eigenvalue weighted by Gasteiger charge is 2.19. The Morgan fingerprint density at radius 2 is 2.14 bits per heavy atom. The Morgan fingerprint density at radius 3 is 2.73 bits per heavy atom. The molecule has 1 aliphatic rings. The summed E-state index contributed by atoms with van der Waals surface area (Å²) in [4.78, 5) is 10.2. The second-order valence-corrected chi connectivity index (χ2v) is 7.39. The summed E-state index contributed by atoms with van der Waals surface area (Å²) in [6, 6.07) is 0.576. The summed E-state index contributed by atoms with van der Waals surface area (Å²) < 4.78 is 0. The number of aryl methyl sites for hydroxylation is 2. The molecule has 2 N–H and O–H groups in total. The first-order valence-electron chi connectivity index (χ1n) is 7.98. The van der Waals surface area contributed by atoms with Crippen molar-refractivity contribution in [2.45, 2.75) is 58.9 Å². The summed E-state index contributed by atoms with van der Waals surface area (Å²) in [6.07, 6.45) is 6.23. The maximum absolute atomic E-state index is 4.48. The van der Waals surface area contributed by atoms with Crippen molar-refractivity contribution < 1.29 is 0 Å². The lowest BCUT2D eigenvalue weighted by Crippen LogP contribution is -2.45. The van der Waals surface area contributed by atoms with Crippen LogP contribution in [-0.4, -0.2) is 30.6 Å². The second kappa shape index (κ2) is 9.70. The predicted octanol–water partition coefficient (Wildman–Crippen LogP) is 3.66. The number of nitrogens with one attached hydrogen (secondary N) is 2. The molecule has 0 radical (unpaired) electrons. The molecule has 0 aromatic carbocycles. The van der Waals surface area contributed by atoms with E-state index in [1.807, 2.05) is 7.05 Å². The maximum Gasteiger partial charge on any atom is 0.191 e. The lowest BCUT2D eigenvalue weighted by atomic mass is 9.87. The minimum atomic E-state index is 0. The minimum Gasteiger partial charge on any atom is -0.356 e. The quantitative estimate of drug-likeness (QED) is 0.430. The molecule has 126 valence electrons. The molecule has 0 amide bonds. The Bertz CT molecular complexity index is 486. The van der Waals surface area contributed by atoms with E-state index in [2.05, 4.69) is 41.4 Å². The molecule has 22 heavy (non-hydrogen) atoms. The van der Waals surface area contributed by atoms with Crippen molar-refractivity contribution in [1.29, 1.82) is 0 Å². The minimum absolute atomic E-state index is 0. The van der Waals surface area contributed by atoms with Crippen LogP contribution < -0.4 is 10.6 Å². The summed E-state index contributed by atoms with van der Waals surface area (Å²) in [5.74, 6) is 1.77. The average molecular weight is 436 g/mol. The van der Waals surface area contributed by atoms with Gasteiger partial charge in [-0.05, 0) is 32.6 Å². The zero-order chi connectivity index (χ0) is 15.2. The molecule has 4 nitrogen and oxygen atoms in total. The Hall–Kier alpha value is -0.370. The van der Waals surface area contributed by atoms with E-state index >= 15 is 0 Å². The number of rotatable bonds is 4. The van der Waals surface area contributed by atoms with E-state index in [4.69, 9.17) is 0 Å². The fourth-order valence-electron chi connectivity index (χ4n) is 3.05. The molecule has 0 spiro atoms. The highest BCUT2D eigenvalue weighted by molar-refractivity contribution is 14.0. The van der Waals surface area contributed by atoms with Crippen molar-refractivity contribution in [3.05, 3.63) is 15.6 Å². The van der Waals surface area contributed by atoms with Crippen LogP contribution in [0.5, 0.6) is 0 Å². The summed E-state index contributed by atoms with van der Waals surface area (Å²) in [5, 5.41) is 8.16. The molecule has 2 unspecified atom stereocenters. The van der Waals surface area contributed by atoms with E-state index in [0.29, 0.717) is 6.04 Å². The number of nitrogens with zero attached hydrogens (tertiary/aromatic N) is 2. The molecule has 0 aliphatic heterocycles. The predicted molar refractivity (Wildman–Crippen MR) is 107 cm³/mol. The van der Waals surface area contributed by atoms with Crippen LogP contribution >= 0.6 is 35.3 Å². The summed E-state index contributed by atoms with van der Waals surface area (Å²) in [7, 11) is 1.85. The lowest BCUT2D eigenvalue weighted by molar-refractivity contribution is 0.324. The van der Waals surface area contributed by atoms with Gasteiger partial charge in [0, 0.05) is 30.9 Å². The first-order chi connectivity index (χ1) is 10.1. The summed E-state index contributed by atoms with van der Waals surface area (Å²) in [5.41, 5.74) is 1.17. The number of hydrogen-bond acceptors (Lipinski definition) is 3. The molecule has 1 aromatic rings. The van der Waals surface area contributed by atoms with Crippen LogP contribution in [0, 0.1) is 19.8 Å². The molecule has 1 saturated carbocycles. The van der Waals surface area contributed by atoms with Crippen LogP contribution in [0.15, 0.2) is 4.99 Å². The third-order valence-electron chi connectivity index (χ3n) is 4.14. The van der Waals surface area contributed by atoms with Crippen LogP contribution in [0.2, 0.25) is 0 Å². The van der Waals surface area contributed by atoms with E-state index in [-0.39, 0.29) is 24.0 Å². The van der Waals surface area contributed by atoms with Gasteiger partial charge in [-0.1, -0.05) is 19.8 Å². The van der Waals surface area contributed by atoms with E-state index in [1.165, 1.54) is 36.3 Å². The van der Waals surface area contributed by atoms with E-state index in [0.717, 1.165) is 29.9 Å². The number of hydrogen-bond donors (Lipinski definition) is 2. The van der Waals surface area contributed by atoms with Gasteiger partial charge in [-0.3, -0.25) is 4.99 Å². The van der Waals surface area contributed by atoms with Crippen molar-refractivity contribution in [2.75, 3.05) is 13.6 Å². The number of aromatic nitrogens is 1. The van der Waals surface area contributed by atoms with Crippen molar-refractivity contribution >= 4 is 41.3 Å². The van der Waals surface area contributed by atoms with Gasteiger partial charge in [0.25, 0.3) is 0 Å². The standard InChI is InChI=1S/C16H28N4S.HI/c1-11-6-5-7-14(10-11)20-16(17-4)18-9-8-15-12(2)19-13(3)21-15;/h11,14H,5-10H2,1-4H3,(H2,17,18,20);1H. The van der Waals surface area contributed by atoms with E-state index < -0.39 is 0 Å². The zero-order valence-corrected chi connectivity index (χ0v) is 17.3. The van der Waals surface area contributed by atoms with E-state index in [9.17, 15) is 0 Å². The smallest absolute Gasteiger partial charge is 0.191 e. The molecule has 1 aromatic heterocycles. The molecule has 1 fully saturated rings. The highest BCUT2D eigenvalue weighted by Crippen LogP contribution is 2.23. The second-order valence-electron chi connectivity index (χ2n) is 6.10. The Balaban J connectivity index is 0.00000242. The first-order valence-corrected chi connectivity index (χ1v) is 8.80. The fraction of sp³-hybridized carbons (Fsp3) is 0.750. The fourth-order valence-corrected chi connectivity index (χ4v) is 3.99. The Labute approximate surface area is 155 Å². The van der Waals surface area contributed by atoms with Crippen LogP contribution in [0.25, 0.3) is 0 Å². The van der Waals surface area contributed by atoms with Crippen molar-refractivity contribution in [1.82, 2.24) is 15.6 Å². The molecule has 1 heterocycles. The SMILES string of the molecule is CN=C(NCCc1sc(C)nc1C)NC1CCCC(C)C1.I. The van der Waals surface area contributed by atoms with Gasteiger partial charge in [-0.25, -0.2) is 4.98 Å². The van der Waals surface area contributed by atoms with Gasteiger partial charge in [-0.15, -0.1) is 35.3 Å². The first kappa shape index (κ1) is 19.7. The molecular weight excluding hydrogens is 407 g/mol. The topological polar surface area (TPSA) is 49.3 Å². The van der Waals surface area contributed by atoms with Gasteiger partial charge < -0.3 is 10.6 Å². The van der Waals surface area contributed by atoms with Crippen LogP contribution in [-0.2, 0) is 6.42 Å². The largest absolute Gasteiger partial charge is 0.356 e. The van der Waals surface area contributed by atoms with Gasteiger partial charge in [0.15, 0.2) is 5.96 Å². The average Bonchev–Trinajstić information content (AvgIpc) is 2.76. The van der Waals surface area contributed by atoms with E-state index in [1.54, 1.807) is 11.3 Å². The van der Waals surface area contributed by atoms with Crippen molar-refractivity contribution in [2.24, 2.45) is 10.9 Å². The van der Waals surface area contributed by atoms with Gasteiger partial charge in [0.05, 0.1) is 10.7 Å². The van der Waals surface area contributed by atoms with Gasteiger partial charge in [-0.2, -0.15) is 0 Å². The lowest BCUT2D eigenvalue weighted by Gasteiger charge is -2.28. The van der Waals surface area contributed by atoms with Crippen LogP contribution in [0.1, 0.15) is 48.2 Å². The molecule has 6 heteroatoms. The number of halogens is 1. The molecule has 1 aliphatic carbocycles. The number of guanidine groups is 1. The molecule has 2 atom stereocenters. The zero-order valence-electron chi connectivity index (χ0n) is 14.1. The van der Waals surface area contributed by atoms with Gasteiger partial charge >= 0.3 is 0 Å². The Kier molecular flexibility index (Phi) is 8.67. The maximum atomic E-state index is 4.48. The van der Waals surface area contributed by atoms with Crippen LogP contribution in [0.4, 0.5) is 0 Å². The van der Waals surface area contributed by atoms with Crippen molar-refractivity contribution in [3.63, 3.8) is 0 Å². The van der Waals surface area contributed by atoms with Crippen molar-refractivity contribution in [3.8, 4) is 0 Å². The Morgan fingerprint density at radius 1 is 1.36 bits per heavy atom. The number of thiazole rings is 1. The van der Waals surface area contributed by atoms with Crippen LogP contribution in [0.3, 0.4) is 0 Å². The highest BCUT2D eigenvalue weighted by atomic mass is 127. The van der Waals surface area contributed by atoms with Gasteiger partial charge in [0.2, 0.25) is 0 Å². The molecular formula is C16H29IN4S. The molecule has 2 rings (SSSR count). The summed E-state index contributed by atoms with van der Waals surface area (Å²) >= 11 is 1.80. The normalized spacial score (nSPS) is 22.1. The van der Waals surface area contributed by atoms with Gasteiger partial charge in [0.1, 0.15) is 0 Å². The summed E-state index contributed by atoms with van der Waals surface area (Å²) in [6.45, 7) is 7.41. The molecule has 0 bridgehead atoms. The third-order valence-corrected chi connectivity index (χ3v) is 5.28. The molecule has 0 saturated heterocycles. The monoisotopic (exact) mass is 436 g/mol. The third kappa shape index (κ3) is 6.02. The number of aliphatic imine (C=N–C) groups is 1.